The van der Waals surface area contributed by atoms with Crippen LogP contribution in [0, 0.1) is 0 Å². The smallest absolute Gasteiger partial charge is 0.337 e. The maximum Gasteiger partial charge on any atom is 0.337 e. The minimum absolute atomic E-state index is 0.0101. The van der Waals surface area contributed by atoms with E-state index in [0.717, 1.165) is 16.5 Å². The average molecular weight is 261 g/mol. The van der Waals surface area contributed by atoms with Gasteiger partial charge in [0.05, 0.1) is 12.2 Å². The summed E-state index contributed by atoms with van der Waals surface area (Å²) in [5, 5.41) is 19.1. The van der Waals surface area contributed by atoms with Gasteiger partial charge in [-0.3, -0.25) is 0 Å². The van der Waals surface area contributed by atoms with Crippen LogP contribution >= 0.6 is 0 Å². The molecule has 4 heteroatoms. The molecule has 0 unspecified atom stereocenters. The van der Waals surface area contributed by atoms with Crippen molar-refractivity contribution >= 4 is 16.9 Å². The van der Waals surface area contributed by atoms with Gasteiger partial charge in [0.1, 0.15) is 0 Å². The molecule has 0 spiro atoms. The molecule has 1 aromatic carbocycles. The Kier molecular flexibility index (Phi) is 3.37. The Balaban J connectivity index is 2.69. The Morgan fingerprint density at radius 3 is 2.53 bits per heavy atom. The monoisotopic (exact) mass is 261 g/mol. The zero-order valence-corrected chi connectivity index (χ0v) is 11.5. The topological polar surface area (TPSA) is 62.5 Å². The lowest BCUT2D eigenvalue weighted by Crippen LogP contribution is -2.10. The number of hydrogen-bond donors (Lipinski definition) is 2. The molecule has 0 aliphatic carbocycles. The molecule has 2 N–H and O–H groups in total. The summed E-state index contributed by atoms with van der Waals surface area (Å²) in [6.45, 7) is 6.68. The molecule has 0 saturated heterocycles. The molecule has 0 atom stereocenters. The van der Waals surface area contributed by atoms with Crippen LogP contribution in [0.5, 0.6) is 0 Å². The van der Waals surface area contributed by atoms with E-state index in [1.165, 1.54) is 0 Å². The highest BCUT2D eigenvalue weighted by Gasteiger charge is 2.18. The van der Waals surface area contributed by atoms with Gasteiger partial charge in [-0.25, -0.2) is 4.79 Å². The first kappa shape index (κ1) is 13.6. The van der Waals surface area contributed by atoms with Crippen molar-refractivity contribution in [3.05, 3.63) is 35.5 Å². The SMILES string of the molecule is CC(C)(C)c1ccc2c(c1)c(C(=O)O)cn2CCO. The van der Waals surface area contributed by atoms with Crippen LogP contribution in [0.1, 0.15) is 36.7 Å². The summed E-state index contributed by atoms with van der Waals surface area (Å²) in [5.41, 5.74) is 2.21. The van der Waals surface area contributed by atoms with Crippen LogP contribution in [0.15, 0.2) is 24.4 Å². The number of carboxylic acids is 1. The molecule has 0 aliphatic rings. The van der Waals surface area contributed by atoms with E-state index in [9.17, 15) is 9.90 Å². The number of aliphatic hydroxyl groups excluding tert-OH is 1. The Morgan fingerprint density at radius 2 is 2.00 bits per heavy atom. The number of fused-ring (bicyclic) bond motifs is 1. The molecule has 0 saturated carbocycles. The van der Waals surface area contributed by atoms with E-state index < -0.39 is 5.97 Å². The molecule has 19 heavy (non-hydrogen) atoms. The molecule has 0 amide bonds. The van der Waals surface area contributed by atoms with Crippen molar-refractivity contribution < 1.29 is 15.0 Å². The van der Waals surface area contributed by atoms with Gasteiger partial charge in [0.15, 0.2) is 0 Å². The van der Waals surface area contributed by atoms with Crippen molar-refractivity contribution in [2.24, 2.45) is 0 Å². The molecule has 0 bridgehead atoms. The number of benzene rings is 1. The summed E-state index contributed by atoms with van der Waals surface area (Å²) in [6, 6.07) is 5.88. The fourth-order valence-corrected chi connectivity index (χ4v) is 2.23. The van der Waals surface area contributed by atoms with Crippen LogP contribution < -0.4 is 0 Å². The molecule has 1 heterocycles. The van der Waals surface area contributed by atoms with Gasteiger partial charge in [0.25, 0.3) is 0 Å². The van der Waals surface area contributed by atoms with E-state index in [1.807, 2.05) is 18.2 Å². The Labute approximate surface area is 112 Å². The fraction of sp³-hybridized carbons (Fsp3) is 0.400. The van der Waals surface area contributed by atoms with Crippen LogP contribution in [0.3, 0.4) is 0 Å². The molecule has 102 valence electrons. The minimum Gasteiger partial charge on any atom is -0.478 e. The Hall–Kier alpha value is -1.81. The Morgan fingerprint density at radius 1 is 1.32 bits per heavy atom. The van der Waals surface area contributed by atoms with Crippen molar-refractivity contribution in [1.82, 2.24) is 4.57 Å². The highest BCUT2D eigenvalue weighted by molar-refractivity contribution is 6.03. The highest BCUT2D eigenvalue weighted by Crippen LogP contribution is 2.29. The van der Waals surface area contributed by atoms with E-state index in [1.54, 1.807) is 10.8 Å². The molecule has 0 radical (unpaired) electrons. The predicted molar refractivity (Wildman–Crippen MR) is 74.7 cm³/mol. The third kappa shape index (κ3) is 2.49. The van der Waals surface area contributed by atoms with Gasteiger partial charge in [-0.1, -0.05) is 26.8 Å². The van der Waals surface area contributed by atoms with Crippen molar-refractivity contribution in [3.63, 3.8) is 0 Å². The Bertz CT molecular complexity index is 620. The number of rotatable bonds is 3. The summed E-state index contributed by atoms with van der Waals surface area (Å²) in [5.74, 6) is -0.937. The second-order valence-corrected chi connectivity index (χ2v) is 5.75. The number of aromatic carboxylic acids is 1. The van der Waals surface area contributed by atoms with Gasteiger partial charge in [-0.2, -0.15) is 0 Å². The molecule has 2 aromatic rings. The number of carbonyl (C=O) groups is 1. The lowest BCUT2D eigenvalue weighted by molar-refractivity contribution is 0.0698. The average Bonchev–Trinajstić information content (AvgIpc) is 2.67. The molecular formula is C15H19NO3. The standard InChI is InChI=1S/C15H19NO3/c1-15(2,3)10-4-5-13-11(8-10)12(14(18)19)9-16(13)6-7-17/h4-5,8-9,17H,6-7H2,1-3H3,(H,18,19). The number of carboxylic acid groups (broad SMARTS) is 1. The second kappa shape index (κ2) is 4.70. The first-order chi connectivity index (χ1) is 8.84. The predicted octanol–water partition coefficient (Wildman–Crippen LogP) is 2.63. The van der Waals surface area contributed by atoms with Crippen molar-refractivity contribution in [2.45, 2.75) is 32.7 Å². The highest BCUT2D eigenvalue weighted by atomic mass is 16.4. The van der Waals surface area contributed by atoms with Crippen LogP contribution in [-0.2, 0) is 12.0 Å². The maximum atomic E-state index is 11.3. The molecule has 2 rings (SSSR count). The van der Waals surface area contributed by atoms with Crippen molar-refractivity contribution in [1.29, 1.82) is 0 Å². The molecule has 0 aliphatic heterocycles. The summed E-state index contributed by atoms with van der Waals surface area (Å²) in [6.07, 6.45) is 1.59. The summed E-state index contributed by atoms with van der Waals surface area (Å²) < 4.78 is 1.78. The summed E-state index contributed by atoms with van der Waals surface area (Å²) in [4.78, 5) is 11.3. The third-order valence-corrected chi connectivity index (χ3v) is 3.32. The third-order valence-electron chi connectivity index (χ3n) is 3.32. The lowest BCUT2D eigenvalue weighted by Gasteiger charge is -2.19. The normalized spacial score (nSPS) is 12.0. The number of nitrogens with zero attached hydrogens (tertiary/aromatic N) is 1. The lowest BCUT2D eigenvalue weighted by atomic mass is 9.86. The zero-order chi connectivity index (χ0) is 14.2. The fourth-order valence-electron chi connectivity index (χ4n) is 2.23. The zero-order valence-electron chi connectivity index (χ0n) is 11.5. The van der Waals surface area contributed by atoms with Gasteiger partial charge in [0, 0.05) is 23.6 Å². The van der Waals surface area contributed by atoms with Gasteiger partial charge in [0.2, 0.25) is 0 Å². The van der Waals surface area contributed by atoms with Crippen LogP contribution in [0.25, 0.3) is 10.9 Å². The van der Waals surface area contributed by atoms with E-state index in [-0.39, 0.29) is 17.6 Å². The van der Waals surface area contributed by atoms with Gasteiger partial charge < -0.3 is 14.8 Å². The van der Waals surface area contributed by atoms with Gasteiger partial charge in [-0.05, 0) is 23.1 Å². The summed E-state index contributed by atoms with van der Waals surface area (Å²) in [7, 11) is 0. The van der Waals surface area contributed by atoms with E-state index >= 15 is 0 Å². The van der Waals surface area contributed by atoms with E-state index in [2.05, 4.69) is 20.8 Å². The quantitative estimate of drug-likeness (QED) is 0.892. The maximum absolute atomic E-state index is 11.3. The first-order valence-electron chi connectivity index (χ1n) is 6.32. The largest absolute Gasteiger partial charge is 0.478 e. The first-order valence-corrected chi connectivity index (χ1v) is 6.32. The molecule has 0 fully saturated rings. The molecule has 4 nitrogen and oxygen atoms in total. The number of aromatic nitrogens is 1. The van der Waals surface area contributed by atoms with Gasteiger partial charge in [-0.15, -0.1) is 0 Å². The van der Waals surface area contributed by atoms with Crippen molar-refractivity contribution in [3.8, 4) is 0 Å². The van der Waals surface area contributed by atoms with Crippen LogP contribution in [0.2, 0.25) is 0 Å². The minimum atomic E-state index is -0.937. The van der Waals surface area contributed by atoms with E-state index in [4.69, 9.17) is 5.11 Å². The number of aliphatic hydroxyl groups is 1. The number of hydrogen-bond acceptors (Lipinski definition) is 2. The van der Waals surface area contributed by atoms with Crippen molar-refractivity contribution in [2.75, 3.05) is 6.61 Å². The van der Waals surface area contributed by atoms with Crippen LogP contribution in [-0.4, -0.2) is 27.4 Å². The van der Waals surface area contributed by atoms with Crippen LogP contribution in [0.4, 0.5) is 0 Å². The van der Waals surface area contributed by atoms with E-state index in [0.29, 0.717) is 6.54 Å². The summed E-state index contributed by atoms with van der Waals surface area (Å²) >= 11 is 0. The molecular weight excluding hydrogens is 242 g/mol. The molecule has 1 aromatic heterocycles. The van der Waals surface area contributed by atoms with Gasteiger partial charge >= 0.3 is 5.97 Å². The second-order valence-electron chi connectivity index (χ2n) is 5.75.